The van der Waals surface area contributed by atoms with Gasteiger partial charge in [-0.05, 0) is 33.2 Å². The van der Waals surface area contributed by atoms with Crippen LogP contribution in [0.5, 0.6) is 0 Å². The molecule has 2 rings (SSSR count). The smallest absolute Gasteiger partial charge is 0.224 e. The molecular weight excluding hydrogens is 262 g/mol. The second kappa shape index (κ2) is 7.59. The molecule has 1 saturated heterocycles. The Morgan fingerprint density at radius 2 is 1.76 bits per heavy atom. The number of piperazine rings is 1. The normalized spacial score (nSPS) is 24.8. The average Bonchev–Trinajstić information content (AvgIpc) is 2.55. The second-order valence-electron chi connectivity index (χ2n) is 6.94. The number of carbonyl (C=O) groups is 1. The molecule has 0 bridgehead atoms. The van der Waals surface area contributed by atoms with Crippen LogP contribution in [0.4, 0.5) is 0 Å². The SMILES string of the molecule is CCC(C)N1CCN(C(=O)CC2(NC)CCCCC2)CC1. The van der Waals surface area contributed by atoms with Crippen molar-refractivity contribution in [2.45, 2.75) is 70.4 Å². The van der Waals surface area contributed by atoms with Crippen molar-refractivity contribution in [2.24, 2.45) is 0 Å². The Morgan fingerprint density at radius 1 is 1.14 bits per heavy atom. The van der Waals surface area contributed by atoms with E-state index in [1.54, 1.807) is 0 Å². The van der Waals surface area contributed by atoms with Gasteiger partial charge in [-0.2, -0.15) is 0 Å². The summed E-state index contributed by atoms with van der Waals surface area (Å²) in [5.74, 6) is 0.357. The molecule has 4 heteroatoms. The first-order valence-corrected chi connectivity index (χ1v) is 8.81. The molecule has 2 fully saturated rings. The lowest BCUT2D eigenvalue weighted by atomic mass is 9.79. The molecule has 0 aromatic rings. The fourth-order valence-electron chi connectivity index (χ4n) is 3.82. The zero-order valence-electron chi connectivity index (χ0n) is 14.2. The lowest BCUT2D eigenvalue weighted by Crippen LogP contribution is -2.54. The Morgan fingerprint density at radius 3 is 2.29 bits per heavy atom. The maximum absolute atomic E-state index is 12.6. The number of nitrogens with one attached hydrogen (secondary N) is 1. The third-order valence-corrected chi connectivity index (χ3v) is 5.71. The summed E-state index contributed by atoms with van der Waals surface area (Å²) >= 11 is 0. The molecule has 1 atom stereocenters. The Hall–Kier alpha value is -0.610. The summed E-state index contributed by atoms with van der Waals surface area (Å²) in [4.78, 5) is 17.2. The number of nitrogens with zero attached hydrogens (tertiary/aromatic N) is 2. The first kappa shape index (κ1) is 16.8. The lowest BCUT2D eigenvalue weighted by molar-refractivity contribution is -0.135. The van der Waals surface area contributed by atoms with Crippen LogP contribution in [0.3, 0.4) is 0 Å². The molecule has 0 spiro atoms. The highest BCUT2D eigenvalue weighted by molar-refractivity contribution is 5.77. The van der Waals surface area contributed by atoms with Gasteiger partial charge in [-0.1, -0.05) is 26.2 Å². The molecule has 1 saturated carbocycles. The van der Waals surface area contributed by atoms with E-state index in [1.807, 2.05) is 7.05 Å². The molecule has 1 heterocycles. The molecule has 1 N–H and O–H groups in total. The molecule has 0 aromatic heterocycles. The van der Waals surface area contributed by atoms with Gasteiger partial charge in [-0.25, -0.2) is 0 Å². The van der Waals surface area contributed by atoms with Crippen LogP contribution in [0, 0.1) is 0 Å². The van der Waals surface area contributed by atoms with E-state index in [0.717, 1.165) is 39.0 Å². The maximum atomic E-state index is 12.6. The molecule has 0 aromatic carbocycles. The predicted molar refractivity (Wildman–Crippen MR) is 87.4 cm³/mol. The molecule has 21 heavy (non-hydrogen) atoms. The third kappa shape index (κ3) is 4.19. The fourth-order valence-corrected chi connectivity index (χ4v) is 3.82. The second-order valence-corrected chi connectivity index (χ2v) is 6.94. The van der Waals surface area contributed by atoms with Crippen molar-refractivity contribution >= 4 is 5.91 Å². The van der Waals surface area contributed by atoms with Crippen LogP contribution >= 0.6 is 0 Å². The van der Waals surface area contributed by atoms with Crippen molar-refractivity contribution in [3.63, 3.8) is 0 Å². The van der Waals surface area contributed by atoms with Crippen LogP contribution < -0.4 is 5.32 Å². The van der Waals surface area contributed by atoms with Crippen molar-refractivity contribution in [1.82, 2.24) is 15.1 Å². The van der Waals surface area contributed by atoms with Crippen LogP contribution in [0.15, 0.2) is 0 Å². The van der Waals surface area contributed by atoms with Crippen molar-refractivity contribution < 1.29 is 4.79 Å². The average molecular weight is 295 g/mol. The zero-order chi connectivity index (χ0) is 15.3. The molecule has 1 aliphatic carbocycles. The number of amides is 1. The first-order chi connectivity index (χ1) is 10.1. The monoisotopic (exact) mass is 295 g/mol. The van der Waals surface area contributed by atoms with Gasteiger partial charge in [0.2, 0.25) is 5.91 Å². The Bertz CT molecular complexity index is 331. The standard InChI is InChI=1S/C17H33N3O/c1-4-15(2)19-10-12-20(13-11-19)16(21)14-17(18-3)8-6-5-7-9-17/h15,18H,4-14H2,1-3H3. The van der Waals surface area contributed by atoms with Gasteiger partial charge >= 0.3 is 0 Å². The van der Waals surface area contributed by atoms with E-state index in [2.05, 4.69) is 29.0 Å². The van der Waals surface area contributed by atoms with Crippen LogP contribution in [-0.2, 0) is 4.79 Å². The van der Waals surface area contributed by atoms with Crippen LogP contribution in [0.2, 0.25) is 0 Å². The molecule has 4 nitrogen and oxygen atoms in total. The summed E-state index contributed by atoms with van der Waals surface area (Å²) in [7, 11) is 2.03. The summed E-state index contributed by atoms with van der Waals surface area (Å²) < 4.78 is 0. The van der Waals surface area contributed by atoms with Gasteiger partial charge in [0.1, 0.15) is 0 Å². The molecule has 1 amide bonds. The minimum Gasteiger partial charge on any atom is -0.340 e. The number of carbonyl (C=O) groups excluding carboxylic acids is 1. The summed E-state index contributed by atoms with van der Waals surface area (Å²) in [6.45, 7) is 8.41. The highest BCUT2D eigenvalue weighted by atomic mass is 16.2. The Labute approximate surface area is 130 Å². The number of rotatable bonds is 5. The minimum absolute atomic E-state index is 0.0726. The summed E-state index contributed by atoms with van der Waals surface area (Å²) in [6, 6.07) is 0.643. The van der Waals surface area contributed by atoms with E-state index in [4.69, 9.17) is 0 Å². The summed E-state index contributed by atoms with van der Waals surface area (Å²) in [5, 5.41) is 3.47. The number of hydrogen-bond acceptors (Lipinski definition) is 3. The summed E-state index contributed by atoms with van der Waals surface area (Å²) in [6.07, 6.45) is 8.03. The largest absolute Gasteiger partial charge is 0.340 e. The zero-order valence-corrected chi connectivity index (χ0v) is 14.2. The molecule has 1 unspecified atom stereocenters. The molecule has 1 aliphatic heterocycles. The van der Waals surface area contributed by atoms with E-state index in [1.165, 1.54) is 25.7 Å². The van der Waals surface area contributed by atoms with Gasteiger partial charge in [0.05, 0.1) is 0 Å². The van der Waals surface area contributed by atoms with E-state index >= 15 is 0 Å². The molecular formula is C17H33N3O. The van der Waals surface area contributed by atoms with Crippen LogP contribution in [-0.4, -0.2) is 60.5 Å². The third-order valence-electron chi connectivity index (χ3n) is 5.71. The van der Waals surface area contributed by atoms with E-state index in [9.17, 15) is 4.79 Å². The van der Waals surface area contributed by atoms with Gasteiger partial charge in [0.15, 0.2) is 0 Å². The van der Waals surface area contributed by atoms with Crippen molar-refractivity contribution in [3.8, 4) is 0 Å². The number of hydrogen-bond donors (Lipinski definition) is 1. The minimum atomic E-state index is 0.0726. The highest BCUT2D eigenvalue weighted by Gasteiger charge is 2.34. The first-order valence-electron chi connectivity index (χ1n) is 8.81. The lowest BCUT2D eigenvalue weighted by Gasteiger charge is -2.41. The molecule has 122 valence electrons. The van der Waals surface area contributed by atoms with E-state index < -0.39 is 0 Å². The Kier molecular flexibility index (Phi) is 6.06. The Balaban J connectivity index is 1.84. The van der Waals surface area contributed by atoms with Gasteiger partial charge in [-0.3, -0.25) is 9.69 Å². The fraction of sp³-hybridized carbons (Fsp3) is 0.941. The van der Waals surface area contributed by atoms with Crippen LogP contribution in [0.1, 0.15) is 58.8 Å². The summed E-state index contributed by atoms with van der Waals surface area (Å²) in [5.41, 5.74) is 0.0726. The van der Waals surface area contributed by atoms with Crippen molar-refractivity contribution in [2.75, 3.05) is 33.2 Å². The molecule has 0 radical (unpaired) electrons. The predicted octanol–water partition coefficient (Wildman–Crippen LogP) is 2.24. The van der Waals surface area contributed by atoms with Gasteiger partial charge in [0, 0.05) is 44.2 Å². The van der Waals surface area contributed by atoms with Gasteiger partial charge in [-0.15, -0.1) is 0 Å². The maximum Gasteiger partial charge on any atom is 0.224 e. The van der Waals surface area contributed by atoms with Gasteiger partial charge in [0.25, 0.3) is 0 Å². The topological polar surface area (TPSA) is 35.6 Å². The molecule has 2 aliphatic rings. The van der Waals surface area contributed by atoms with Crippen LogP contribution in [0.25, 0.3) is 0 Å². The highest BCUT2D eigenvalue weighted by Crippen LogP contribution is 2.31. The van der Waals surface area contributed by atoms with Gasteiger partial charge < -0.3 is 10.2 Å². The van der Waals surface area contributed by atoms with Crippen molar-refractivity contribution in [1.29, 1.82) is 0 Å². The van der Waals surface area contributed by atoms with E-state index in [-0.39, 0.29) is 5.54 Å². The van der Waals surface area contributed by atoms with E-state index in [0.29, 0.717) is 18.4 Å². The quantitative estimate of drug-likeness (QED) is 0.845. The van der Waals surface area contributed by atoms with Crippen molar-refractivity contribution in [3.05, 3.63) is 0 Å².